The molecule has 132 valence electrons. The summed E-state index contributed by atoms with van der Waals surface area (Å²) >= 11 is 3.25. The van der Waals surface area contributed by atoms with Gasteiger partial charge in [0.2, 0.25) is 0 Å². The number of hydrogen-bond donors (Lipinski definition) is 0. The zero-order valence-electron chi connectivity index (χ0n) is 14.0. The number of carbonyl (C=O) groups excluding carboxylic acids is 1. The maximum absolute atomic E-state index is 13.1. The molecule has 1 atom stereocenters. The second-order valence-corrected chi connectivity index (χ2v) is 6.99. The number of piperazine rings is 1. The van der Waals surface area contributed by atoms with Gasteiger partial charge in [-0.2, -0.15) is 0 Å². The first-order chi connectivity index (χ1) is 12.0. The van der Waals surface area contributed by atoms with Crippen LogP contribution in [0.2, 0.25) is 0 Å². The van der Waals surface area contributed by atoms with E-state index in [0.717, 1.165) is 18.7 Å². The van der Waals surface area contributed by atoms with Gasteiger partial charge in [0, 0.05) is 19.6 Å². The number of likely N-dealkylation sites (N-methyl/N-ethyl adjacent to an activating group) is 1. The quantitative estimate of drug-likeness (QED) is 0.778. The van der Waals surface area contributed by atoms with Crippen LogP contribution in [0, 0.1) is 5.82 Å². The number of halogens is 2. The highest BCUT2D eigenvalue weighted by Gasteiger charge is 2.30. The van der Waals surface area contributed by atoms with Crippen molar-refractivity contribution in [3.8, 4) is 5.75 Å². The summed E-state index contributed by atoms with van der Waals surface area (Å²) in [5.74, 6) is 0.0343. The van der Waals surface area contributed by atoms with Crippen molar-refractivity contribution in [3.05, 3.63) is 64.4 Å². The minimum atomic E-state index is -0.353. The number of nitrogens with zero attached hydrogens (tertiary/aromatic N) is 2. The fourth-order valence-electron chi connectivity index (χ4n) is 2.99. The molecule has 0 radical (unpaired) electrons. The predicted octanol–water partition coefficient (Wildman–Crippen LogP) is 3.48. The monoisotopic (exact) mass is 406 g/mol. The molecular weight excluding hydrogens is 387 g/mol. The Hall–Kier alpha value is -1.92. The average molecular weight is 407 g/mol. The van der Waals surface area contributed by atoms with Crippen molar-refractivity contribution in [1.82, 2.24) is 9.80 Å². The molecule has 0 aromatic heterocycles. The van der Waals surface area contributed by atoms with Crippen LogP contribution in [-0.4, -0.2) is 49.0 Å². The zero-order valence-corrected chi connectivity index (χ0v) is 15.6. The third-order valence-electron chi connectivity index (χ3n) is 4.33. The molecule has 0 N–H and O–H groups in total. The average Bonchev–Trinajstić information content (AvgIpc) is 2.61. The molecule has 3 rings (SSSR count). The van der Waals surface area contributed by atoms with Gasteiger partial charge in [0.25, 0.3) is 5.91 Å². The first kappa shape index (κ1) is 17.9. The molecule has 2 aromatic rings. The number of rotatable bonds is 4. The Morgan fingerprint density at radius 2 is 2.00 bits per heavy atom. The predicted molar refractivity (Wildman–Crippen MR) is 98.0 cm³/mol. The van der Waals surface area contributed by atoms with E-state index in [1.807, 2.05) is 35.2 Å². The van der Waals surface area contributed by atoms with E-state index < -0.39 is 0 Å². The normalized spacial score (nSPS) is 18.2. The lowest BCUT2D eigenvalue weighted by molar-refractivity contribution is -0.138. The molecule has 1 aliphatic heterocycles. The highest BCUT2D eigenvalue weighted by molar-refractivity contribution is 9.10. The van der Waals surface area contributed by atoms with Crippen LogP contribution < -0.4 is 4.74 Å². The summed E-state index contributed by atoms with van der Waals surface area (Å²) in [7, 11) is 2.06. The van der Waals surface area contributed by atoms with Gasteiger partial charge in [-0.25, -0.2) is 4.39 Å². The van der Waals surface area contributed by atoms with Crippen LogP contribution in [0.1, 0.15) is 11.6 Å². The van der Waals surface area contributed by atoms with Crippen LogP contribution in [-0.2, 0) is 4.79 Å². The Balaban J connectivity index is 1.70. The summed E-state index contributed by atoms with van der Waals surface area (Å²) in [6.07, 6.45) is 0. The molecule has 0 spiro atoms. The molecule has 25 heavy (non-hydrogen) atoms. The Labute approximate surface area is 155 Å². The van der Waals surface area contributed by atoms with Crippen molar-refractivity contribution in [1.29, 1.82) is 0 Å². The van der Waals surface area contributed by atoms with Gasteiger partial charge in [-0.1, -0.05) is 30.3 Å². The second kappa shape index (κ2) is 7.97. The molecule has 0 aliphatic carbocycles. The molecule has 1 amide bonds. The smallest absolute Gasteiger partial charge is 0.261 e. The van der Waals surface area contributed by atoms with Gasteiger partial charge in [-0.05, 0) is 46.7 Å². The molecular formula is C19H20BrFN2O2. The standard InChI is InChI=1S/C19H20BrFN2O2/c1-22-9-10-23(17(12-22)14-5-3-2-4-6-14)19(24)13-25-18-8-7-15(21)11-16(18)20/h2-8,11,17H,9-10,12-13H2,1H3. The molecule has 1 aliphatic rings. The first-order valence-electron chi connectivity index (χ1n) is 8.15. The van der Waals surface area contributed by atoms with Crippen LogP contribution in [0.4, 0.5) is 4.39 Å². The van der Waals surface area contributed by atoms with Crippen molar-refractivity contribution < 1.29 is 13.9 Å². The maximum atomic E-state index is 13.1. The van der Waals surface area contributed by atoms with Gasteiger partial charge in [0.15, 0.2) is 6.61 Å². The van der Waals surface area contributed by atoms with Crippen LogP contribution in [0.3, 0.4) is 0 Å². The molecule has 1 heterocycles. The molecule has 1 saturated heterocycles. The van der Waals surface area contributed by atoms with Crippen LogP contribution in [0.15, 0.2) is 53.0 Å². The molecule has 0 bridgehead atoms. The summed E-state index contributed by atoms with van der Waals surface area (Å²) in [4.78, 5) is 16.8. The van der Waals surface area contributed by atoms with E-state index in [1.165, 1.54) is 18.2 Å². The lowest BCUT2D eigenvalue weighted by Gasteiger charge is -2.40. The van der Waals surface area contributed by atoms with Gasteiger partial charge < -0.3 is 14.5 Å². The Morgan fingerprint density at radius 3 is 2.72 bits per heavy atom. The Bertz CT molecular complexity index is 741. The summed E-state index contributed by atoms with van der Waals surface area (Å²) in [6, 6.07) is 14.2. The number of hydrogen-bond acceptors (Lipinski definition) is 3. The summed E-state index contributed by atoms with van der Waals surface area (Å²) < 4.78 is 19.2. The SMILES string of the molecule is CN1CCN(C(=O)COc2ccc(F)cc2Br)C(c2ccccc2)C1. The third-order valence-corrected chi connectivity index (χ3v) is 4.95. The van der Waals surface area contributed by atoms with E-state index in [0.29, 0.717) is 16.8 Å². The van der Waals surface area contributed by atoms with E-state index in [2.05, 4.69) is 27.9 Å². The van der Waals surface area contributed by atoms with Crippen LogP contribution >= 0.6 is 15.9 Å². The molecule has 4 nitrogen and oxygen atoms in total. The van der Waals surface area contributed by atoms with Crippen molar-refractivity contribution in [2.45, 2.75) is 6.04 Å². The maximum Gasteiger partial charge on any atom is 0.261 e. The van der Waals surface area contributed by atoms with Gasteiger partial charge in [-0.3, -0.25) is 4.79 Å². The van der Waals surface area contributed by atoms with Gasteiger partial charge in [0.05, 0.1) is 10.5 Å². The fraction of sp³-hybridized carbons (Fsp3) is 0.316. The van der Waals surface area contributed by atoms with Crippen molar-refractivity contribution in [2.75, 3.05) is 33.3 Å². The van der Waals surface area contributed by atoms with E-state index >= 15 is 0 Å². The largest absolute Gasteiger partial charge is 0.483 e. The molecule has 6 heteroatoms. The minimum absolute atomic E-state index is 0.00714. The molecule has 0 saturated carbocycles. The number of carbonyl (C=O) groups is 1. The Morgan fingerprint density at radius 1 is 1.24 bits per heavy atom. The summed E-state index contributed by atoms with van der Waals surface area (Å²) in [6.45, 7) is 2.20. The van der Waals surface area contributed by atoms with Crippen molar-refractivity contribution >= 4 is 21.8 Å². The van der Waals surface area contributed by atoms with Crippen LogP contribution in [0.5, 0.6) is 5.75 Å². The van der Waals surface area contributed by atoms with E-state index in [4.69, 9.17) is 4.74 Å². The number of ether oxygens (including phenoxy) is 1. The molecule has 1 unspecified atom stereocenters. The third kappa shape index (κ3) is 4.38. The zero-order chi connectivity index (χ0) is 17.8. The molecule has 1 fully saturated rings. The second-order valence-electron chi connectivity index (χ2n) is 6.14. The lowest BCUT2D eigenvalue weighted by atomic mass is 10.0. The van der Waals surface area contributed by atoms with Crippen molar-refractivity contribution in [3.63, 3.8) is 0 Å². The molecule has 2 aromatic carbocycles. The highest BCUT2D eigenvalue weighted by Crippen LogP contribution is 2.27. The fourth-order valence-corrected chi connectivity index (χ4v) is 3.46. The minimum Gasteiger partial charge on any atom is -0.483 e. The van der Waals surface area contributed by atoms with E-state index in [9.17, 15) is 9.18 Å². The highest BCUT2D eigenvalue weighted by atomic mass is 79.9. The Kier molecular flexibility index (Phi) is 5.71. The summed E-state index contributed by atoms with van der Waals surface area (Å²) in [5.41, 5.74) is 1.12. The lowest BCUT2D eigenvalue weighted by Crippen LogP contribution is -2.50. The number of benzene rings is 2. The van der Waals surface area contributed by atoms with Gasteiger partial charge in [-0.15, -0.1) is 0 Å². The van der Waals surface area contributed by atoms with Gasteiger partial charge >= 0.3 is 0 Å². The van der Waals surface area contributed by atoms with E-state index in [1.54, 1.807) is 0 Å². The topological polar surface area (TPSA) is 32.8 Å². The number of amides is 1. The van der Waals surface area contributed by atoms with Gasteiger partial charge in [0.1, 0.15) is 11.6 Å². The van der Waals surface area contributed by atoms with Crippen LogP contribution in [0.25, 0.3) is 0 Å². The van der Waals surface area contributed by atoms with E-state index in [-0.39, 0.29) is 24.4 Å². The van der Waals surface area contributed by atoms with Crippen molar-refractivity contribution in [2.24, 2.45) is 0 Å². The first-order valence-corrected chi connectivity index (χ1v) is 8.94. The summed E-state index contributed by atoms with van der Waals surface area (Å²) in [5, 5.41) is 0.